The van der Waals surface area contributed by atoms with E-state index in [4.69, 9.17) is 9.84 Å². The molecule has 1 aliphatic heterocycles. The third-order valence-corrected chi connectivity index (χ3v) is 2.29. The number of carboxylic acid groups (broad SMARTS) is 1. The van der Waals surface area contributed by atoms with Crippen molar-refractivity contribution in [3.8, 4) is 5.75 Å². The van der Waals surface area contributed by atoms with Crippen molar-refractivity contribution in [3.63, 3.8) is 0 Å². The van der Waals surface area contributed by atoms with Gasteiger partial charge in [-0.15, -0.1) is 0 Å². The lowest BCUT2D eigenvalue weighted by Crippen LogP contribution is -2.27. The summed E-state index contributed by atoms with van der Waals surface area (Å²) in [5, 5.41) is 27.8. The van der Waals surface area contributed by atoms with Gasteiger partial charge >= 0.3 is 5.97 Å². The van der Waals surface area contributed by atoms with Crippen LogP contribution in [0.4, 0.5) is 0 Å². The van der Waals surface area contributed by atoms with E-state index in [0.717, 1.165) is 6.08 Å². The van der Waals surface area contributed by atoms with Crippen molar-refractivity contribution in [2.75, 3.05) is 6.61 Å². The molecule has 2 rings (SSSR count). The zero-order valence-corrected chi connectivity index (χ0v) is 8.25. The molecule has 3 N–H and O–H groups in total. The Morgan fingerprint density at radius 2 is 2.19 bits per heavy atom. The predicted molar refractivity (Wildman–Crippen MR) is 54.7 cm³/mol. The smallest absolute Gasteiger partial charge is 0.328 e. The number of fused-ring (bicyclic) bond motifs is 1. The molecule has 1 aliphatic rings. The first-order valence-corrected chi connectivity index (χ1v) is 4.63. The largest absolute Gasteiger partial charge is 0.487 e. The highest BCUT2D eigenvalue weighted by Crippen LogP contribution is 2.38. The van der Waals surface area contributed by atoms with Crippen molar-refractivity contribution in [1.29, 1.82) is 0 Å². The van der Waals surface area contributed by atoms with E-state index in [0.29, 0.717) is 11.3 Å². The maximum Gasteiger partial charge on any atom is 0.328 e. The summed E-state index contributed by atoms with van der Waals surface area (Å²) in [6.45, 7) is -0.250. The van der Waals surface area contributed by atoms with E-state index in [9.17, 15) is 15.0 Å². The van der Waals surface area contributed by atoms with Crippen molar-refractivity contribution in [2.45, 2.75) is 5.79 Å². The van der Waals surface area contributed by atoms with Crippen LogP contribution < -0.4 is 4.74 Å². The summed E-state index contributed by atoms with van der Waals surface area (Å²) in [5.74, 6) is -2.80. The molecule has 0 bridgehead atoms. The van der Waals surface area contributed by atoms with E-state index in [1.165, 1.54) is 6.08 Å². The van der Waals surface area contributed by atoms with Gasteiger partial charge in [0.15, 0.2) is 0 Å². The molecule has 0 radical (unpaired) electrons. The first-order chi connectivity index (χ1) is 7.50. The maximum atomic E-state index is 10.4. The Morgan fingerprint density at radius 3 is 2.88 bits per heavy atom. The zero-order chi connectivity index (χ0) is 11.8. The van der Waals surface area contributed by atoms with Crippen LogP contribution in [0, 0.1) is 0 Å². The number of hydrogen-bond acceptors (Lipinski definition) is 4. The van der Waals surface area contributed by atoms with E-state index in [1.807, 2.05) is 0 Å². The molecule has 0 aliphatic carbocycles. The molecule has 84 valence electrons. The average molecular weight is 222 g/mol. The van der Waals surface area contributed by atoms with Crippen LogP contribution in [0.3, 0.4) is 0 Å². The van der Waals surface area contributed by atoms with Gasteiger partial charge in [-0.25, -0.2) is 4.79 Å². The number of aliphatic hydroxyl groups is 2. The van der Waals surface area contributed by atoms with E-state index >= 15 is 0 Å². The number of carboxylic acids is 1. The fraction of sp³-hybridized carbons (Fsp3) is 0.182. The van der Waals surface area contributed by atoms with Gasteiger partial charge in [0.1, 0.15) is 12.4 Å². The number of hydrogen-bond donors (Lipinski definition) is 3. The molecule has 1 aromatic rings. The van der Waals surface area contributed by atoms with Crippen molar-refractivity contribution < 1.29 is 24.9 Å². The Morgan fingerprint density at radius 1 is 1.44 bits per heavy atom. The van der Waals surface area contributed by atoms with Crippen LogP contribution in [0.1, 0.15) is 11.1 Å². The van der Waals surface area contributed by atoms with E-state index in [1.54, 1.807) is 18.2 Å². The Kier molecular flexibility index (Phi) is 2.41. The third-order valence-electron chi connectivity index (χ3n) is 2.29. The summed E-state index contributed by atoms with van der Waals surface area (Å²) in [6.07, 6.45) is 2.24. The molecule has 5 nitrogen and oxygen atoms in total. The lowest BCUT2D eigenvalue weighted by Gasteiger charge is -2.14. The Hall–Kier alpha value is -1.85. The predicted octanol–water partition coefficient (Wildman–Crippen LogP) is 0.314. The van der Waals surface area contributed by atoms with Crippen molar-refractivity contribution in [1.82, 2.24) is 0 Å². The highest BCUT2D eigenvalue weighted by Gasteiger charge is 2.38. The number of benzene rings is 1. The normalized spacial score (nSPS) is 17.1. The molecule has 1 aromatic carbocycles. The maximum absolute atomic E-state index is 10.4. The first kappa shape index (κ1) is 10.7. The highest BCUT2D eigenvalue weighted by molar-refractivity contribution is 5.85. The van der Waals surface area contributed by atoms with Crippen LogP contribution in [-0.4, -0.2) is 27.9 Å². The van der Waals surface area contributed by atoms with Crippen molar-refractivity contribution in [2.24, 2.45) is 0 Å². The SMILES string of the molecule is O=C(O)/C=C/c1cccc2c1C(O)(O)CO2. The van der Waals surface area contributed by atoms with Gasteiger partial charge in [0.2, 0.25) is 5.79 Å². The molecule has 0 spiro atoms. The van der Waals surface area contributed by atoms with Gasteiger partial charge in [0.05, 0.1) is 5.56 Å². The van der Waals surface area contributed by atoms with Crippen molar-refractivity contribution >= 4 is 12.0 Å². The Bertz CT molecular complexity index is 461. The minimum absolute atomic E-state index is 0.201. The average Bonchev–Trinajstić information content (AvgIpc) is 2.53. The van der Waals surface area contributed by atoms with Gasteiger partial charge in [0.25, 0.3) is 0 Å². The second-order valence-electron chi connectivity index (χ2n) is 3.50. The van der Waals surface area contributed by atoms with Crippen LogP contribution in [-0.2, 0) is 10.6 Å². The van der Waals surface area contributed by atoms with Crippen LogP contribution >= 0.6 is 0 Å². The standard InChI is InChI=1S/C11H10O5/c12-9(13)5-4-7-2-1-3-8-10(7)11(14,15)6-16-8/h1-5,14-15H,6H2,(H,12,13)/b5-4+. The molecule has 0 saturated heterocycles. The molecule has 16 heavy (non-hydrogen) atoms. The van der Waals surface area contributed by atoms with Crippen LogP contribution in [0.2, 0.25) is 0 Å². The van der Waals surface area contributed by atoms with Crippen LogP contribution in [0.5, 0.6) is 5.75 Å². The van der Waals surface area contributed by atoms with E-state index in [-0.39, 0.29) is 12.2 Å². The van der Waals surface area contributed by atoms with Crippen LogP contribution in [0.15, 0.2) is 24.3 Å². The quantitative estimate of drug-likeness (QED) is 0.495. The van der Waals surface area contributed by atoms with Crippen molar-refractivity contribution in [3.05, 3.63) is 35.4 Å². The van der Waals surface area contributed by atoms with Gasteiger partial charge < -0.3 is 20.1 Å². The minimum atomic E-state index is -2.06. The molecular formula is C11H10O5. The lowest BCUT2D eigenvalue weighted by molar-refractivity contribution is -0.174. The molecule has 5 heteroatoms. The second kappa shape index (κ2) is 3.62. The Labute approximate surface area is 91.2 Å². The fourth-order valence-electron chi connectivity index (χ4n) is 1.65. The number of carbonyl (C=O) groups is 1. The summed E-state index contributed by atoms with van der Waals surface area (Å²) >= 11 is 0. The van der Waals surface area contributed by atoms with Gasteiger partial charge in [0, 0.05) is 6.08 Å². The summed E-state index contributed by atoms with van der Waals surface area (Å²) < 4.78 is 5.08. The second-order valence-corrected chi connectivity index (χ2v) is 3.50. The van der Waals surface area contributed by atoms with Crippen LogP contribution in [0.25, 0.3) is 6.08 Å². The summed E-state index contributed by atoms with van der Waals surface area (Å²) in [7, 11) is 0. The fourth-order valence-corrected chi connectivity index (χ4v) is 1.65. The molecule has 0 aromatic heterocycles. The highest BCUT2D eigenvalue weighted by atomic mass is 16.6. The summed E-state index contributed by atoms with van der Waals surface area (Å²) in [6, 6.07) is 4.84. The minimum Gasteiger partial charge on any atom is -0.487 e. The van der Waals surface area contributed by atoms with Gasteiger partial charge in [-0.3, -0.25) is 0 Å². The summed E-state index contributed by atoms with van der Waals surface area (Å²) in [5.41, 5.74) is 0.620. The Balaban J connectivity index is 2.49. The molecule has 0 unspecified atom stereocenters. The molecular weight excluding hydrogens is 212 g/mol. The summed E-state index contributed by atoms with van der Waals surface area (Å²) in [4.78, 5) is 10.4. The molecule has 0 atom stereocenters. The monoisotopic (exact) mass is 222 g/mol. The van der Waals surface area contributed by atoms with E-state index in [2.05, 4.69) is 0 Å². The van der Waals surface area contributed by atoms with E-state index < -0.39 is 11.8 Å². The molecule has 0 saturated carbocycles. The first-order valence-electron chi connectivity index (χ1n) is 4.63. The van der Waals surface area contributed by atoms with Gasteiger partial charge in [-0.2, -0.15) is 0 Å². The molecule has 0 amide bonds. The molecule has 1 heterocycles. The number of ether oxygens (including phenoxy) is 1. The zero-order valence-electron chi connectivity index (χ0n) is 8.25. The van der Waals surface area contributed by atoms with Gasteiger partial charge in [-0.05, 0) is 17.7 Å². The van der Waals surface area contributed by atoms with Gasteiger partial charge in [-0.1, -0.05) is 12.1 Å². The number of aliphatic carboxylic acids is 1. The lowest BCUT2D eigenvalue weighted by atomic mass is 10.0. The number of rotatable bonds is 2. The topological polar surface area (TPSA) is 87.0 Å². The third kappa shape index (κ3) is 1.78. The molecule has 0 fully saturated rings.